The Bertz CT molecular complexity index is 897. The van der Waals surface area contributed by atoms with E-state index < -0.39 is 0 Å². The van der Waals surface area contributed by atoms with Gasteiger partial charge in [-0.2, -0.15) is 4.98 Å². The smallest absolute Gasteiger partial charge is 0.286 e. The summed E-state index contributed by atoms with van der Waals surface area (Å²) in [5.41, 5.74) is 2.47. The summed E-state index contributed by atoms with van der Waals surface area (Å²) in [5, 5.41) is 7.64. The third-order valence-corrected chi connectivity index (χ3v) is 4.91. The minimum Gasteiger partial charge on any atom is -0.327 e. The standard InChI is InChI=1S/C17H13Cl2N3O2S/c1-10-5-7-11(8-6-10)16-21-17(24-22-16)25-9-14(23)20-13-4-2-3-12(18)15(13)19/h2-8H,9H2,1H3,(H,20,23). The zero-order valence-electron chi connectivity index (χ0n) is 13.1. The van der Waals surface area contributed by atoms with Crippen molar-refractivity contribution in [2.75, 3.05) is 11.1 Å². The lowest BCUT2D eigenvalue weighted by atomic mass is 10.1. The van der Waals surface area contributed by atoms with E-state index in [-0.39, 0.29) is 11.7 Å². The molecule has 1 heterocycles. The molecule has 3 rings (SSSR count). The van der Waals surface area contributed by atoms with Crippen LogP contribution < -0.4 is 5.32 Å². The van der Waals surface area contributed by atoms with Gasteiger partial charge in [0.25, 0.3) is 5.22 Å². The zero-order chi connectivity index (χ0) is 17.8. The molecular formula is C17H13Cl2N3O2S. The molecule has 0 atom stereocenters. The summed E-state index contributed by atoms with van der Waals surface area (Å²) in [6, 6.07) is 12.8. The van der Waals surface area contributed by atoms with Crippen molar-refractivity contribution in [1.29, 1.82) is 0 Å². The Kier molecular flexibility index (Phi) is 5.63. The van der Waals surface area contributed by atoms with Crippen molar-refractivity contribution in [3.8, 4) is 11.4 Å². The molecule has 3 aromatic rings. The van der Waals surface area contributed by atoms with E-state index in [1.54, 1.807) is 18.2 Å². The molecule has 0 bridgehead atoms. The summed E-state index contributed by atoms with van der Waals surface area (Å²) in [5.74, 6) is 0.350. The van der Waals surface area contributed by atoms with Crippen LogP contribution in [0.1, 0.15) is 5.56 Å². The number of aryl methyl sites for hydroxylation is 1. The number of aromatic nitrogens is 2. The van der Waals surface area contributed by atoms with Crippen LogP contribution in [0.2, 0.25) is 10.0 Å². The molecule has 2 aromatic carbocycles. The Morgan fingerprint density at radius 3 is 2.72 bits per heavy atom. The van der Waals surface area contributed by atoms with Crippen LogP contribution in [-0.2, 0) is 4.79 Å². The highest BCUT2D eigenvalue weighted by Gasteiger charge is 2.13. The lowest BCUT2D eigenvalue weighted by Crippen LogP contribution is -2.14. The molecule has 25 heavy (non-hydrogen) atoms. The van der Waals surface area contributed by atoms with Crippen LogP contribution in [0.4, 0.5) is 5.69 Å². The molecule has 0 aliphatic carbocycles. The molecular weight excluding hydrogens is 381 g/mol. The normalized spacial score (nSPS) is 10.7. The van der Waals surface area contributed by atoms with E-state index in [1.165, 1.54) is 0 Å². The first-order chi connectivity index (χ1) is 12.0. The molecule has 5 nitrogen and oxygen atoms in total. The van der Waals surface area contributed by atoms with Crippen LogP contribution in [0.15, 0.2) is 52.2 Å². The molecule has 0 aliphatic heterocycles. The molecule has 128 valence electrons. The van der Waals surface area contributed by atoms with Gasteiger partial charge >= 0.3 is 0 Å². The minimum absolute atomic E-state index is 0.109. The number of thioether (sulfide) groups is 1. The van der Waals surface area contributed by atoms with Gasteiger partial charge in [0.05, 0.1) is 21.5 Å². The Labute approximate surface area is 158 Å². The van der Waals surface area contributed by atoms with Crippen LogP contribution in [0.3, 0.4) is 0 Å². The maximum atomic E-state index is 12.0. The van der Waals surface area contributed by atoms with Crippen LogP contribution in [0.5, 0.6) is 0 Å². The number of hydrogen-bond donors (Lipinski definition) is 1. The van der Waals surface area contributed by atoms with Gasteiger partial charge in [0.2, 0.25) is 11.7 Å². The molecule has 1 amide bonds. The molecule has 0 aliphatic rings. The van der Waals surface area contributed by atoms with E-state index in [4.69, 9.17) is 27.7 Å². The van der Waals surface area contributed by atoms with Gasteiger partial charge in [-0.15, -0.1) is 0 Å². The molecule has 1 N–H and O–H groups in total. The summed E-state index contributed by atoms with van der Waals surface area (Å²) in [4.78, 5) is 16.3. The Morgan fingerprint density at radius 2 is 1.96 bits per heavy atom. The van der Waals surface area contributed by atoms with Crippen LogP contribution >= 0.6 is 35.0 Å². The van der Waals surface area contributed by atoms with Crippen LogP contribution in [0.25, 0.3) is 11.4 Å². The number of carbonyl (C=O) groups excluding carboxylic acids is 1. The van der Waals surface area contributed by atoms with E-state index in [0.29, 0.717) is 26.8 Å². The number of carbonyl (C=O) groups is 1. The molecule has 0 fully saturated rings. The van der Waals surface area contributed by atoms with Gasteiger partial charge in [0, 0.05) is 5.56 Å². The predicted molar refractivity (Wildman–Crippen MR) is 100 cm³/mol. The van der Waals surface area contributed by atoms with Gasteiger partial charge in [-0.05, 0) is 19.1 Å². The average molecular weight is 394 g/mol. The van der Waals surface area contributed by atoms with Crippen molar-refractivity contribution >= 4 is 46.6 Å². The molecule has 0 saturated heterocycles. The highest BCUT2D eigenvalue weighted by Crippen LogP contribution is 2.30. The van der Waals surface area contributed by atoms with Crippen molar-refractivity contribution < 1.29 is 9.32 Å². The topological polar surface area (TPSA) is 68.0 Å². The van der Waals surface area contributed by atoms with Gasteiger partial charge in [-0.3, -0.25) is 4.79 Å². The maximum Gasteiger partial charge on any atom is 0.286 e. The van der Waals surface area contributed by atoms with E-state index >= 15 is 0 Å². The number of amides is 1. The van der Waals surface area contributed by atoms with Gasteiger partial charge in [-0.1, -0.05) is 76.0 Å². The second kappa shape index (κ2) is 7.91. The number of nitrogens with one attached hydrogen (secondary N) is 1. The lowest BCUT2D eigenvalue weighted by Gasteiger charge is -2.07. The molecule has 0 spiro atoms. The SMILES string of the molecule is Cc1ccc(-c2noc(SCC(=O)Nc3cccc(Cl)c3Cl)n2)cc1. The molecule has 0 saturated carbocycles. The van der Waals surface area contributed by atoms with E-state index in [1.807, 2.05) is 31.2 Å². The molecule has 1 aromatic heterocycles. The fourth-order valence-electron chi connectivity index (χ4n) is 2.00. The predicted octanol–water partition coefficient (Wildman–Crippen LogP) is 5.08. The van der Waals surface area contributed by atoms with Crippen molar-refractivity contribution in [2.45, 2.75) is 12.1 Å². The Balaban J connectivity index is 1.59. The second-order valence-corrected chi connectivity index (χ2v) is 6.90. The van der Waals surface area contributed by atoms with Crippen molar-refractivity contribution in [1.82, 2.24) is 10.1 Å². The van der Waals surface area contributed by atoms with E-state index in [0.717, 1.165) is 22.9 Å². The minimum atomic E-state index is -0.246. The summed E-state index contributed by atoms with van der Waals surface area (Å²) in [6.45, 7) is 2.01. The van der Waals surface area contributed by atoms with Gasteiger partial charge < -0.3 is 9.84 Å². The third kappa shape index (κ3) is 4.54. The highest BCUT2D eigenvalue weighted by molar-refractivity contribution is 7.99. The maximum absolute atomic E-state index is 12.0. The third-order valence-electron chi connectivity index (χ3n) is 3.27. The number of halogens is 2. The lowest BCUT2D eigenvalue weighted by molar-refractivity contribution is -0.113. The van der Waals surface area contributed by atoms with Crippen LogP contribution in [0, 0.1) is 6.92 Å². The van der Waals surface area contributed by atoms with E-state index in [9.17, 15) is 4.79 Å². The fraction of sp³-hybridized carbons (Fsp3) is 0.118. The summed E-state index contributed by atoms with van der Waals surface area (Å²) in [6.07, 6.45) is 0. The van der Waals surface area contributed by atoms with Gasteiger partial charge in [0.1, 0.15) is 0 Å². The Morgan fingerprint density at radius 1 is 1.20 bits per heavy atom. The van der Waals surface area contributed by atoms with Crippen molar-refractivity contribution in [3.05, 3.63) is 58.1 Å². The first-order valence-corrected chi connectivity index (χ1v) is 9.04. The number of benzene rings is 2. The molecule has 0 radical (unpaired) electrons. The average Bonchev–Trinajstić information content (AvgIpc) is 3.07. The van der Waals surface area contributed by atoms with Crippen molar-refractivity contribution in [3.63, 3.8) is 0 Å². The quantitative estimate of drug-likeness (QED) is 0.611. The highest BCUT2D eigenvalue weighted by atomic mass is 35.5. The van der Waals surface area contributed by atoms with Crippen molar-refractivity contribution in [2.24, 2.45) is 0 Å². The number of nitrogens with zero attached hydrogens (tertiary/aromatic N) is 2. The molecule has 8 heteroatoms. The van der Waals surface area contributed by atoms with Gasteiger partial charge in [-0.25, -0.2) is 0 Å². The second-order valence-electron chi connectivity index (χ2n) is 5.19. The fourth-order valence-corrected chi connectivity index (χ4v) is 2.92. The van der Waals surface area contributed by atoms with Crippen LogP contribution in [-0.4, -0.2) is 21.8 Å². The monoisotopic (exact) mass is 393 g/mol. The number of anilines is 1. The number of rotatable bonds is 5. The van der Waals surface area contributed by atoms with Gasteiger partial charge in [0.15, 0.2) is 0 Å². The first-order valence-electron chi connectivity index (χ1n) is 7.30. The summed E-state index contributed by atoms with van der Waals surface area (Å²) in [7, 11) is 0. The zero-order valence-corrected chi connectivity index (χ0v) is 15.5. The van der Waals surface area contributed by atoms with E-state index in [2.05, 4.69) is 15.5 Å². The Hall–Kier alpha value is -2.02. The first kappa shape index (κ1) is 17.8. The number of hydrogen-bond acceptors (Lipinski definition) is 5. The molecule has 0 unspecified atom stereocenters. The largest absolute Gasteiger partial charge is 0.327 e. The summed E-state index contributed by atoms with van der Waals surface area (Å²) >= 11 is 13.1. The summed E-state index contributed by atoms with van der Waals surface area (Å²) < 4.78 is 5.17.